The molecule has 1 aliphatic rings. The first-order valence-corrected chi connectivity index (χ1v) is 7.22. The number of hydrogen-bond donors (Lipinski definition) is 1. The molecule has 3 nitrogen and oxygen atoms in total. The monoisotopic (exact) mass is 283 g/mol. The van der Waals surface area contributed by atoms with Crippen LogP contribution in [-0.4, -0.2) is 36.8 Å². The number of ether oxygens (including phenoxy) is 1. The minimum atomic E-state index is 0.154. The number of nitrogens with zero attached hydrogens (tertiary/aromatic N) is 1. The topological polar surface area (TPSA) is 32.7 Å². The molecule has 1 unspecified atom stereocenters. The summed E-state index contributed by atoms with van der Waals surface area (Å²) in [4.78, 5) is 2.28. The van der Waals surface area contributed by atoms with E-state index in [0.717, 1.165) is 38.2 Å². The number of halogens is 1. The minimum absolute atomic E-state index is 0.154. The zero-order valence-electron chi connectivity index (χ0n) is 11.6. The van der Waals surface area contributed by atoms with Crippen LogP contribution in [-0.2, 0) is 4.74 Å². The second-order valence-corrected chi connectivity index (χ2v) is 5.81. The van der Waals surface area contributed by atoms with Gasteiger partial charge in [-0.1, -0.05) is 11.6 Å². The van der Waals surface area contributed by atoms with Crippen molar-refractivity contribution in [2.75, 3.05) is 26.8 Å². The molecule has 2 rings (SSSR count). The lowest BCUT2D eigenvalue weighted by Gasteiger charge is -2.31. The van der Waals surface area contributed by atoms with E-state index in [4.69, 9.17) is 16.3 Å². The third kappa shape index (κ3) is 3.85. The molecule has 1 atom stereocenters. The maximum absolute atomic E-state index is 9.95. The predicted octanol–water partition coefficient (Wildman–Crippen LogP) is 3.47. The molecule has 1 heterocycles. The normalized spacial score (nSPS) is 18.7. The molecule has 1 aromatic rings. The van der Waals surface area contributed by atoms with Gasteiger partial charge >= 0.3 is 0 Å². The van der Waals surface area contributed by atoms with Crippen LogP contribution in [0.4, 0.5) is 0 Å². The van der Waals surface area contributed by atoms with Crippen LogP contribution in [0.15, 0.2) is 18.2 Å². The van der Waals surface area contributed by atoms with Gasteiger partial charge in [0, 0.05) is 36.4 Å². The van der Waals surface area contributed by atoms with Crippen molar-refractivity contribution in [3.05, 3.63) is 28.8 Å². The molecule has 19 heavy (non-hydrogen) atoms. The molecule has 1 saturated heterocycles. The van der Waals surface area contributed by atoms with Gasteiger partial charge in [0.25, 0.3) is 0 Å². The van der Waals surface area contributed by atoms with Gasteiger partial charge in [0.1, 0.15) is 5.75 Å². The number of phenolic OH excluding ortho intramolecular Hbond substituents is 1. The molecular formula is C15H22ClNO2. The maximum Gasteiger partial charge on any atom is 0.120 e. The fraction of sp³-hybridized carbons (Fsp3) is 0.600. The summed E-state index contributed by atoms with van der Waals surface area (Å²) < 4.78 is 5.39. The Bertz CT molecular complexity index is 419. The van der Waals surface area contributed by atoms with Crippen molar-refractivity contribution in [2.24, 2.45) is 5.92 Å². The summed E-state index contributed by atoms with van der Waals surface area (Å²) in [5.41, 5.74) is 0.891. The average molecular weight is 284 g/mol. The smallest absolute Gasteiger partial charge is 0.120 e. The first-order valence-electron chi connectivity index (χ1n) is 6.84. The molecule has 0 spiro atoms. The largest absolute Gasteiger partial charge is 0.508 e. The van der Waals surface area contributed by atoms with E-state index in [0.29, 0.717) is 16.7 Å². The molecular weight excluding hydrogens is 262 g/mol. The highest BCUT2D eigenvalue weighted by atomic mass is 35.5. The quantitative estimate of drug-likeness (QED) is 0.918. The summed E-state index contributed by atoms with van der Waals surface area (Å²) in [6.45, 7) is 4.87. The first kappa shape index (κ1) is 14.6. The second-order valence-electron chi connectivity index (χ2n) is 5.37. The Morgan fingerprint density at radius 1 is 1.42 bits per heavy atom. The van der Waals surface area contributed by atoms with E-state index in [9.17, 15) is 5.11 Å². The number of hydrogen-bond acceptors (Lipinski definition) is 3. The van der Waals surface area contributed by atoms with Gasteiger partial charge in [0.2, 0.25) is 0 Å². The Morgan fingerprint density at radius 3 is 2.79 bits per heavy atom. The van der Waals surface area contributed by atoms with E-state index in [2.05, 4.69) is 18.9 Å². The number of aromatic hydroxyl groups is 1. The van der Waals surface area contributed by atoms with Gasteiger partial charge in [0.15, 0.2) is 0 Å². The van der Waals surface area contributed by atoms with Crippen molar-refractivity contribution in [2.45, 2.75) is 25.8 Å². The highest BCUT2D eigenvalue weighted by Crippen LogP contribution is 2.31. The van der Waals surface area contributed by atoms with Crippen LogP contribution in [0.3, 0.4) is 0 Å². The fourth-order valence-electron chi connectivity index (χ4n) is 2.59. The molecule has 4 heteroatoms. The first-order chi connectivity index (χ1) is 9.08. The van der Waals surface area contributed by atoms with E-state index in [1.807, 2.05) is 6.07 Å². The van der Waals surface area contributed by atoms with Crippen LogP contribution in [0.5, 0.6) is 5.75 Å². The summed E-state index contributed by atoms with van der Waals surface area (Å²) in [5, 5.41) is 10.6. The van der Waals surface area contributed by atoms with Gasteiger partial charge in [-0.15, -0.1) is 0 Å². The molecule has 0 amide bonds. The minimum Gasteiger partial charge on any atom is -0.508 e. The van der Waals surface area contributed by atoms with E-state index in [1.165, 1.54) is 0 Å². The Labute approximate surface area is 120 Å². The van der Waals surface area contributed by atoms with Gasteiger partial charge in [-0.2, -0.15) is 0 Å². The van der Waals surface area contributed by atoms with Gasteiger partial charge in [-0.3, -0.25) is 4.90 Å². The average Bonchev–Trinajstić information content (AvgIpc) is 2.42. The molecule has 0 bridgehead atoms. The highest BCUT2D eigenvalue weighted by molar-refractivity contribution is 6.30. The molecule has 1 N–H and O–H groups in total. The van der Waals surface area contributed by atoms with Crippen LogP contribution < -0.4 is 0 Å². The summed E-state index contributed by atoms with van der Waals surface area (Å²) in [6.07, 6.45) is 2.25. The van der Waals surface area contributed by atoms with Crippen LogP contribution >= 0.6 is 11.6 Å². The molecule has 0 aliphatic carbocycles. The SMILES string of the molecule is CC(c1cc(Cl)ccc1O)N(C)CC1CCOCC1. The van der Waals surface area contributed by atoms with Crippen LogP contribution in [0.25, 0.3) is 0 Å². The van der Waals surface area contributed by atoms with Crippen molar-refractivity contribution in [3.8, 4) is 5.75 Å². The van der Waals surface area contributed by atoms with E-state index < -0.39 is 0 Å². The Kier molecular flexibility index (Phi) is 5.08. The van der Waals surface area contributed by atoms with Crippen molar-refractivity contribution < 1.29 is 9.84 Å². The predicted molar refractivity (Wildman–Crippen MR) is 77.7 cm³/mol. The van der Waals surface area contributed by atoms with E-state index in [-0.39, 0.29) is 6.04 Å². The van der Waals surface area contributed by atoms with Crippen molar-refractivity contribution in [3.63, 3.8) is 0 Å². The lowest BCUT2D eigenvalue weighted by atomic mass is 9.98. The third-order valence-electron chi connectivity index (χ3n) is 3.99. The summed E-state index contributed by atoms with van der Waals surface area (Å²) in [6, 6.07) is 5.38. The molecule has 106 valence electrons. The number of benzene rings is 1. The van der Waals surface area contributed by atoms with Crippen molar-refractivity contribution in [1.82, 2.24) is 4.90 Å². The molecule has 0 radical (unpaired) electrons. The fourth-order valence-corrected chi connectivity index (χ4v) is 2.77. The molecule has 1 fully saturated rings. The van der Waals surface area contributed by atoms with Crippen LogP contribution in [0.2, 0.25) is 5.02 Å². The molecule has 0 saturated carbocycles. The van der Waals surface area contributed by atoms with Crippen LogP contribution in [0, 0.1) is 5.92 Å². The second kappa shape index (κ2) is 6.60. The maximum atomic E-state index is 9.95. The van der Waals surface area contributed by atoms with Gasteiger partial charge in [0.05, 0.1) is 0 Å². The molecule has 0 aromatic heterocycles. The highest BCUT2D eigenvalue weighted by Gasteiger charge is 2.21. The van der Waals surface area contributed by atoms with Crippen molar-refractivity contribution in [1.29, 1.82) is 0 Å². The number of rotatable bonds is 4. The Balaban J connectivity index is 2.01. The lowest BCUT2D eigenvalue weighted by molar-refractivity contribution is 0.0511. The zero-order valence-corrected chi connectivity index (χ0v) is 12.4. The van der Waals surface area contributed by atoms with Crippen LogP contribution in [0.1, 0.15) is 31.4 Å². The molecule has 1 aromatic carbocycles. The molecule has 1 aliphatic heterocycles. The van der Waals surface area contributed by atoms with Crippen molar-refractivity contribution >= 4 is 11.6 Å². The van der Waals surface area contributed by atoms with Gasteiger partial charge < -0.3 is 9.84 Å². The summed E-state index contributed by atoms with van der Waals surface area (Å²) in [5.74, 6) is 0.998. The standard InChI is InChI=1S/C15H22ClNO2/c1-11(14-9-13(16)3-4-15(14)18)17(2)10-12-5-7-19-8-6-12/h3-4,9,11-12,18H,5-8,10H2,1-2H3. The Hall–Kier alpha value is -0.770. The van der Waals surface area contributed by atoms with Gasteiger partial charge in [-0.25, -0.2) is 0 Å². The summed E-state index contributed by atoms with van der Waals surface area (Å²) >= 11 is 6.01. The third-order valence-corrected chi connectivity index (χ3v) is 4.22. The number of phenols is 1. The van der Waals surface area contributed by atoms with Gasteiger partial charge in [-0.05, 0) is 50.9 Å². The zero-order chi connectivity index (χ0) is 13.8. The Morgan fingerprint density at radius 2 is 2.11 bits per heavy atom. The van der Waals surface area contributed by atoms with E-state index in [1.54, 1.807) is 12.1 Å². The lowest BCUT2D eigenvalue weighted by Crippen LogP contribution is -2.31. The summed E-state index contributed by atoms with van der Waals surface area (Å²) in [7, 11) is 2.10. The van der Waals surface area contributed by atoms with E-state index >= 15 is 0 Å².